The third kappa shape index (κ3) is 5.17. The Balaban J connectivity index is 1.66. The predicted molar refractivity (Wildman–Crippen MR) is 128 cm³/mol. The molecule has 4 nitrogen and oxygen atoms in total. The van der Waals surface area contributed by atoms with E-state index in [4.69, 9.17) is 21.3 Å². The van der Waals surface area contributed by atoms with E-state index in [0.29, 0.717) is 21.4 Å². The molecule has 4 aromatic rings. The lowest BCUT2D eigenvalue weighted by Crippen LogP contribution is -2.11. The number of hydrogen-bond donors (Lipinski definition) is 0. The number of halogens is 1. The zero-order valence-electron chi connectivity index (χ0n) is 16.9. The van der Waals surface area contributed by atoms with Gasteiger partial charge < -0.3 is 4.74 Å². The van der Waals surface area contributed by atoms with Crippen molar-refractivity contribution in [3.63, 3.8) is 0 Å². The van der Waals surface area contributed by atoms with Crippen LogP contribution in [0.15, 0.2) is 96.0 Å². The molecule has 1 aromatic heterocycles. The molecule has 4 rings (SSSR count). The SMILES string of the molecule is N#Cc1c(-c2ccccc2)cc(-c2ccccc2)nc1SCC(=O)Oc1ccc(Cl)cc1. The van der Waals surface area contributed by atoms with Gasteiger partial charge in [-0.1, -0.05) is 84.0 Å². The molecule has 0 aliphatic carbocycles. The minimum Gasteiger partial charge on any atom is -0.426 e. The van der Waals surface area contributed by atoms with Gasteiger partial charge in [0.1, 0.15) is 16.8 Å². The van der Waals surface area contributed by atoms with Gasteiger partial charge in [0, 0.05) is 16.1 Å². The molecule has 0 radical (unpaired) electrons. The Labute approximate surface area is 195 Å². The van der Waals surface area contributed by atoms with Crippen LogP contribution in [0.4, 0.5) is 0 Å². The Bertz CT molecular complexity index is 1270. The lowest BCUT2D eigenvalue weighted by atomic mass is 9.99. The molecule has 0 amide bonds. The van der Waals surface area contributed by atoms with Gasteiger partial charge in [-0.25, -0.2) is 4.98 Å². The fraction of sp³-hybridized carbons (Fsp3) is 0.0385. The van der Waals surface area contributed by atoms with Gasteiger partial charge in [-0.15, -0.1) is 0 Å². The maximum Gasteiger partial charge on any atom is 0.321 e. The number of benzene rings is 3. The van der Waals surface area contributed by atoms with Crippen LogP contribution in [-0.2, 0) is 4.79 Å². The molecule has 0 aliphatic rings. The molecule has 0 atom stereocenters. The van der Waals surface area contributed by atoms with Gasteiger partial charge in [-0.05, 0) is 35.9 Å². The summed E-state index contributed by atoms with van der Waals surface area (Å²) >= 11 is 7.06. The molecular weight excluding hydrogens is 440 g/mol. The summed E-state index contributed by atoms with van der Waals surface area (Å²) in [5, 5.41) is 11.0. The first-order valence-electron chi connectivity index (χ1n) is 9.79. The van der Waals surface area contributed by atoms with E-state index in [9.17, 15) is 10.1 Å². The van der Waals surface area contributed by atoms with E-state index >= 15 is 0 Å². The normalized spacial score (nSPS) is 10.4. The Morgan fingerprint density at radius 2 is 1.56 bits per heavy atom. The minimum absolute atomic E-state index is 0.0107. The van der Waals surface area contributed by atoms with Crippen molar-refractivity contribution >= 4 is 29.3 Å². The Morgan fingerprint density at radius 1 is 0.938 bits per heavy atom. The first-order valence-corrected chi connectivity index (χ1v) is 11.2. The van der Waals surface area contributed by atoms with Gasteiger partial charge in [-0.2, -0.15) is 5.26 Å². The van der Waals surface area contributed by atoms with Crippen molar-refractivity contribution in [1.82, 2.24) is 4.98 Å². The summed E-state index contributed by atoms with van der Waals surface area (Å²) in [5.41, 5.74) is 3.78. The summed E-state index contributed by atoms with van der Waals surface area (Å²) in [5.74, 6) is -0.0117. The van der Waals surface area contributed by atoms with E-state index < -0.39 is 5.97 Å². The summed E-state index contributed by atoms with van der Waals surface area (Å²) in [7, 11) is 0. The number of pyridine rings is 1. The number of rotatable bonds is 6. The van der Waals surface area contributed by atoms with E-state index in [-0.39, 0.29) is 5.75 Å². The molecule has 0 aliphatic heterocycles. The average molecular weight is 457 g/mol. The van der Waals surface area contributed by atoms with E-state index in [1.165, 1.54) is 11.8 Å². The van der Waals surface area contributed by atoms with Crippen molar-refractivity contribution in [2.75, 3.05) is 5.75 Å². The van der Waals surface area contributed by atoms with Crippen molar-refractivity contribution in [1.29, 1.82) is 5.26 Å². The van der Waals surface area contributed by atoms with Crippen molar-refractivity contribution in [2.45, 2.75) is 5.03 Å². The molecule has 0 fully saturated rings. The molecule has 0 saturated heterocycles. The molecule has 0 unspecified atom stereocenters. The molecule has 3 aromatic carbocycles. The first kappa shape index (κ1) is 21.6. The smallest absolute Gasteiger partial charge is 0.321 e. The average Bonchev–Trinajstić information content (AvgIpc) is 2.84. The third-order valence-electron chi connectivity index (χ3n) is 4.62. The van der Waals surface area contributed by atoms with Crippen molar-refractivity contribution in [3.05, 3.63) is 102 Å². The topological polar surface area (TPSA) is 63.0 Å². The summed E-state index contributed by atoms with van der Waals surface area (Å²) in [6.45, 7) is 0. The molecule has 6 heteroatoms. The molecular formula is C26H17ClN2O2S. The second-order valence-electron chi connectivity index (χ2n) is 6.80. The Kier molecular flexibility index (Phi) is 6.86. The second-order valence-corrected chi connectivity index (χ2v) is 8.20. The number of hydrogen-bond acceptors (Lipinski definition) is 5. The lowest BCUT2D eigenvalue weighted by Gasteiger charge is -2.12. The third-order valence-corrected chi connectivity index (χ3v) is 5.83. The molecule has 0 saturated carbocycles. The van der Waals surface area contributed by atoms with Crippen LogP contribution in [0, 0.1) is 11.3 Å². The summed E-state index contributed by atoms with van der Waals surface area (Å²) in [6, 6.07) is 30.2. The van der Waals surface area contributed by atoms with Crippen LogP contribution in [0.2, 0.25) is 5.02 Å². The number of carbonyl (C=O) groups is 1. The lowest BCUT2D eigenvalue weighted by molar-refractivity contribution is -0.131. The number of thioether (sulfide) groups is 1. The van der Waals surface area contributed by atoms with Crippen LogP contribution in [0.5, 0.6) is 5.75 Å². The fourth-order valence-electron chi connectivity index (χ4n) is 3.13. The van der Waals surface area contributed by atoms with Crippen LogP contribution < -0.4 is 4.74 Å². The highest BCUT2D eigenvalue weighted by Gasteiger charge is 2.17. The number of esters is 1. The van der Waals surface area contributed by atoms with Gasteiger partial charge in [-0.3, -0.25) is 4.79 Å². The molecule has 0 spiro atoms. The highest BCUT2D eigenvalue weighted by molar-refractivity contribution is 7.99. The van der Waals surface area contributed by atoms with Gasteiger partial charge in [0.2, 0.25) is 0 Å². The van der Waals surface area contributed by atoms with Crippen molar-refractivity contribution < 1.29 is 9.53 Å². The summed E-state index contributed by atoms with van der Waals surface area (Å²) in [4.78, 5) is 17.1. The number of carbonyl (C=O) groups excluding carboxylic acids is 1. The zero-order valence-corrected chi connectivity index (χ0v) is 18.4. The molecule has 1 heterocycles. The van der Waals surface area contributed by atoms with E-state index in [1.54, 1.807) is 24.3 Å². The van der Waals surface area contributed by atoms with Crippen LogP contribution in [0.1, 0.15) is 5.56 Å². The molecule has 156 valence electrons. The Morgan fingerprint density at radius 3 is 2.19 bits per heavy atom. The van der Waals surface area contributed by atoms with E-state index in [0.717, 1.165) is 22.4 Å². The van der Waals surface area contributed by atoms with Crippen molar-refractivity contribution in [2.24, 2.45) is 0 Å². The fourth-order valence-corrected chi connectivity index (χ4v) is 4.03. The van der Waals surface area contributed by atoms with Crippen LogP contribution in [0.25, 0.3) is 22.4 Å². The van der Waals surface area contributed by atoms with E-state index in [1.807, 2.05) is 66.7 Å². The van der Waals surface area contributed by atoms with E-state index in [2.05, 4.69) is 6.07 Å². The predicted octanol–water partition coefficient (Wildman–Crippen LogP) is 6.64. The summed E-state index contributed by atoms with van der Waals surface area (Å²) < 4.78 is 5.37. The van der Waals surface area contributed by atoms with Gasteiger partial charge >= 0.3 is 5.97 Å². The number of nitriles is 1. The minimum atomic E-state index is -0.436. The maximum absolute atomic E-state index is 12.4. The monoisotopic (exact) mass is 456 g/mol. The highest BCUT2D eigenvalue weighted by atomic mass is 35.5. The molecule has 32 heavy (non-hydrogen) atoms. The molecule has 0 N–H and O–H groups in total. The quantitative estimate of drug-likeness (QED) is 0.185. The van der Waals surface area contributed by atoms with Crippen molar-refractivity contribution in [3.8, 4) is 34.2 Å². The van der Waals surface area contributed by atoms with Crippen LogP contribution in [-0.4, -0.2) is 16.7 Å². The number of nitrogens with zero attached hydrogens (tertiary/aromatic N) is 2. The van der Waals surface area contributed by atoms with Gasteiger partial charge in [0.05, 0.1) is 17.0 Å². The summed E-state index contributed by atoms with van der Waals surface area (Å²) in [6.07, 6.45) is 0. The van der Waals surface area contributed by atoms with Crippen LogP contribution in [0.3, 0.4) is 0 Å². The Hall–Kier alpha value is -3.59. The van der Waals surface area contributed by atoms with Crippen LogP contribution >= 0.6 is 23.4 Å². The molecule has 0 bridgehead atoms. The first-order chi connectivity index (χ1) is 15.6. The van der Waals surface area contributed by atoms with Gasteiger partial charge in [0.15, 0.2) is 0 Å². The largest absolute Gasteiger partial charge is 0.426 e. The number of ether oxygens (including phenoxy) is 1. The standard InChI is InChI=1S/C26H17ClN2O2S/c27-20-11-13-21(14-12-20)31-25(30)17-32-26-23(16-28)22(18-7-3-1-4-8-18)15-24(29-26)19-9-5-2-6-10-19/h1-15H,17H2. The number of aromatic nitrogens is 1. The van der Waals surface area contributed by atoms with Gasteiger partial charge in [0.25, 0.3) is 0 Å². The second kappa shape index (κ2) is 10.1. The highest BCUT2D eigenvalue weighted by Crippen LogP contribution is 2.34. The zero-order chi connectivity index (χ0) is 22.3. The maximum atomic E-state index is 12.4.